The lowest BCUT2D eigenvalue weighted by Gasteiger charge is -2.34. The summed E-state index contributed by atoms with van der Waals surface area (Å²) in [4.78, 5) is 25.4. The van der Waals surface area contributed by atoms with Crippen LogP contribution in [0.2, 0.25) is 0 Å². The number of rotatable bonds is 8. The Morgan fingerprint density at radius 2 is 1.85 bits per heavy atom. The first kappa shape index (κ1) is 23.2. The first-order valence-electron chi connectivity index (χ1n) is 12.0. The van der Waals surface area contributed by atoms with Crippen LogP contribution < -0.4 is 0 Å². The SMILES string of the molecule is O=C(c1cccc(CN2CCOCC2)c1)N1CCN(CCCc2nc(-c3cccs3)no2)CC1. The molecule has 3 aromatic rings. The third-order valence-corrected chi connectivity index (χ3v) is 7.28. The molecule has 0 unspecified atom stereocenters. The molecule has 0 aliphatic carbocycles. The first-order chi connectivity index (χ1) is 16.7. The Hall–Kier alpha value is -2.59. The first-order valence-corrected chi connectivity index (χ1v) is 12.9. The minimum absolute atomic E-state index is 0.135. The van der Waals surface area contributed by atoms with E-state index in [2.05, 4.69) is 32.1 Å². The van der Waals surface area contributed by atoms with E-state index >= 15 is 0 Å². The van der Waals surface area contributed by atoms with E-state index < -0.39 is 0 Å². The fraction of sp³-hybridized carbons (Fsp3) is 0.480. The second kappa shape index (κ2) is 11.2. The molecule has 9 heteroatoms. The number of ether oxygens (including phenoxy) is 1. The van der Waals surface area contributed by atoms with E-state index in [1.165, 1.54) is 5.56 Å². The van der Waals surface area contributed by atoms with Gasteiger partial charge in [-0.1, -0.05) is 23.4 Å². The summed E-state index contributed by atoms with van der Waals surface area (Å²) in [5.74, 6) is 1.50. The van der Waals surface area contributed by atoms with E-state index in [-0.39, 0.29) is 5.91 Å². The van der Waals surface area contributed by atoms with Crippen LogP contribution in [0.5, 0.6) is 0 Å². The molecular weight excluding hydrogens is 450 g/mol. The molecule has 8 nitrogen and oxygen atoms in total. The van der Waals surface area contributed by atoms with Crippen molar-refractivity contribution in [2.45, 2.75) is 19.4 Å². The van der Waals surface area contributed by atoms with Crippen LogP contribution in [0.15, 0.2) is 46.3 Å². The van der Waals surface area contributed by atoms with Gasteiger partial charge in [-0.3, -0.25) is 14.6 Å². The summed E-state index contributed by atoms with van der Waals surface area (Å²) in [6, 6.07) is 12.1. The van der Waals surface area contributed by atoms with Gasteiger partial charge >= 0.3 is 0 Å². The number of thiophene rings is 1. The van der Waals surface area contributed by atoms with Gasteiger partial charge < -0.3 is 14.2 Å². The number of piperazine rings is 1. The van der Waals surface area contributed by atoms with Gasteiger partial charge in [0.25, 0.3) is 5.91 Å². The molecule has 2 aromatic heterocycles. The van der Waals surface area contributed by atoms with Crippen molar-refractivity contribution in [1.29, 1.82) is 0 Å². The maximum absolute atomic E-state index is 13.1. The number of benzene rings is 1. The minimum atomic E-state index is 0.135. The van der Waals surface area contributed by atoms with E-state index in [0.29, 0.717) is 11.7 Å². The fourth-order valence-electron chi connectivity index (χ4n) is 4.49. The molecule has 4 heterocycles. The fourth-order valence-corrected chi connectivity index (χ4v) is 5.14. The molecule has 2 fully saturated rings. The average molecular weight is 482 g/mol. The predicted octanol–water partition coefficient (Wildman–Crippen LogP) is 3.02. The number of carbonyl (C=O) groups is 1. The zero-order valence-corrected chi connectivity index (χ0v) is 20.2. The molecule has 0 saturated carbocycles. The van der Waals surface area contributed by atoms with Crippen molar-refractivity contribution in [3.05, 3.63) is 58.8 Å². The molecule has 0 bridgehead atoms. The van der Waals surface area contributed by atoms with Crippen LogP contribution in [0, 0.1) is 0 Å². The lowest BCUT2D eigenvalue weighted by Crippen LogP contribution is -2.48. The average Bonchev–Trinajstić information content (AvgIpc) is 3.57. The molecule has 1 amide bonds. The van der Waals surface area contributed by atoms with Crippen LogP contribution in [0.4, 0.5) is 0 Å². The molecule has 2 saturated heterocycles. The van der Waals surface area contributed by atoms with Gasteiger partial charge in [0.15, 0.2) is 0 Å². The van der Waals surface area contributed by atoms with Crippen molar-refractivity contribution in [3.8, 4) is 10.7 Å². The van der Waals surface area contributed by atoms with E-state index in [9.17, 15) is 4.79 Å². The van der Waals surface area contributed by atoms with Gasteiger partial charge in [0, 0.05) is 57.8 Å². The number of aromatic nitrogens is 2. The number of amides is 1. The standard InChI is InChI=1S/C25H31N5O3S/c31-25(21-5-1-4-20(18-21)19-29-13-15-32-16-14-29)30-11-9-28(10-12-30)8-2-7-23-26-24(27-33-23)22-6-3-17-34-22/h1,3-6,17-18H,2,7-16,19H2. The normalized spacial score (nSPS) is 17.8. The van der Waals surface area contributed by atoms with Gasteiger partial charge in [-0.2, -0.15) is 4.98 Å². The van der Waals surface area contributed by atoms with Crippen molar-refractivity contribution >= 4 is 17.2 Å². The van der Waals surface area contributed by atoms with Crippen LogP contribution in [0.3, 0.4) is 0 Å². The summed E-state index contributed by atoms with van der Waals surface area (Å²) < 4.78 is 10.8. The van der Waals surface area contributed by atoms with Crippen molar-refractivity contribution < 1.29 is 14.1 Å². The maximum atomic E-state index is 13.1. The molecule has 2 aliphatic heterocycles. The second-order valence-corrected chi connectivity index (χ2v) is 9.76. The Bertz CT molecular complexity index is 1060. The number of nitrogens with zero attached hydrogens (tertiary/aromatic N) is 5. The minimum Gasteiger partial charge on any atom is -0.379 e. The highest BCUT2D eigenvalue weighted by Gasteiger charge is 2.22. The zero-order chi connectivity index (χ0) is 23.2. The Balaban J connectivity index is 1.06. The van der Waals surface area contributed by atoms with Crippen LogP contribution in [0.1, 0.15) is 28.2 Å². The smallest absolute Gasteiger partial charge is 0.253 e. The molecular formula is C25H31N5O3S. The van der Waals surface area contributed by atoms with Gasteiger partial charge in [0.2, 0.25) is 11.7 Å². The highest BCUT2D eigenvalue weighted by atomic mass is 32.1. The van der Waals surface area contributed by atoms with Crippen LogP contribution in [0.25, 0.3) is 10.7 Å². The van der Waals surface area contributed by atoms with Crippen LogP contribution in [-0.4, -0.2) is 89.8 Å². The van der Waals surface area contributed by atoms with E-state index in [1.54, 1.807) is 11.3 Å². The number of hydrogen-bond acceptors (Lipinski definition) is 8. The number of hydrogen-bond donors (Lipinski definition) is 0. The molecule has 5 rings (SSSR count). The Morgan fingerprint density at radius 1 is 1.00 bits per heavy atom. The summed E-state index contributed by atoms with van der Waals surface area (Å²) in [5.41, 5.74) is 1.98. The van der Waals surface area contributed by atoms with Gasteiger partial charge in [0.05, 0.1) is 18.1 Å². The van der Waals surface area contributed by atoms with Gasteiger partial charge in [-0.05, 0) is 42.1 Å². The maximum Gasteiger partial charge on any atom is 0.253 e. The summed E-state index contributed by atoms with van der Waals surface area (Å²) in [5, 5.41) is 6.09. The summed E-state index contributed by atoms with van der Waals surface area (Å²) in [6.07, 6.45) is 1.73. The third kappa shape index (κ3) is 5.90. The van der Waals surface area contributed by atoms with Gasteiger partial charge in [-0.25, -0.2) is 0 Å². The molecule has 0 spiro atoms. The summed E-state index contributed by atoms with van der Waals surface area (Å²) in [6.45, 7) is 8.60. The monoisotopic (exact) mass is 481 g/mol. The Labute approximate surface area is 204 Å². The van der Waals surface area contributed by atoms with Gasteiger partial charge in [-0.15, -0.1) is 11.3 Å². The number of morpholine rings is 1. The predicted molar refractivity (Wildman–Crippen MR) is 131 cm³/mol. The molecule has 180 valence electrons. The highest BCUT2D eigenvalue weighted by Crippen LogP contribution is 2.21. The molecule has 0 radical (unpaired) electrons. The Kier molecular flexibility index (Phi) is 7.65. The molecule has 0 atom stereocenters. The summed E-state index contributed by atoms with van der Waals surface area (Å²) in [7, 11) is 0. The molecule has 2 aliphatic rings. The molecule has 0 N–H and O–H groups in total. The largest absolute Gasteiger partial charge is 0.379 e. The lowest BCUT2D eigenvalue weighted by atomic mass is 10.1. The van der Waals surface area contributed by atoms with Crippen LogP contribution >= 0.6 is 11.3 Å². The lowest BCUT2D eigenvalue weighted by molar-refractivity contribution is 0.0341. The zero-order valence-electron chi connectivity index (χ0n) is 19.4. The Morgan fingerprint density at radius 3 is 2.65 bits per heavy atom. The van der Waals surface area contributed by atoms with Gasteiger partial charge in [0.1, 0.15) is 0 Å². The quantitative estimate of drug-likeness (QED) is 0.490. The van der Waals surface area contributed by atoms with Crippen molar-refractivity contribution in [1.82, 2.24) is 24.8 Å². The van der Waals surface area contributed by atoms with E-state index in [1.807, 2.05) is 34.5 Å². The van der Waals surface area contributed by atoms with E-state index in [0.717, 1.165) is 88.9 Å². The van der Waals surface area contributed by atoms with Crippen molar-refractivity contribution in [3.63, 3.8) is 0 Å². The van der Waals surface area contributed by atoms with E-state index in [4.69, 9.17) is 9.26 Å². The number of carbonyl (C=O) groups excluding carboxylic acids is 1. The number of aryl methyl sites for hydroxylation is 1. The van der Waals surface area contributed by atoms with Crippen LogP contribution in [-0.2, 0) is 17.7 Å². The third-order valence-electron chi connectivity index (χ3n) is 6.42. The highest BCUT2D eigenvalue weighted by molar-refractivity contribution is 7.13. The summed E-state index contributed by atoms with van der Waals surface area (Å²) >= 11 is 1.61. The molecule has 1 aromatic carbocycles. The second-order valence-electron chi connectivity index (χ2n) is 8.82. The topological polar surface area (TPSA) is 74.9 Å². The van der Waals surface area contributed by atoms with Crippen molar-refractivity contribution in [2.75, 3.05) is 59.0 Å². The molecule has 34 heavy (non-hydrogen) atoms. The van der Waals surface area contributed by atoms with Crippen molar-refractivity contribution in [2.24, 2.45) is 0 Å².